The van der Waals surface area contributed by atoms with Gasteiger partial charge in [-0.05, 0) is 37.1 Å². The fourth-order valence-corrected chi connectivity index (χ4v) is 3.42. The number of carbonyl (C=O) groups is 2. The summed E-state index contributed by atoms with van der Waals surface area (Å²) in [6.45, 7) is 5.16. The van der Waals surface area contributed by atoms with E-state index in [0.29, 0.717) is 46.8 Å². The molecule has 0 saturated carbocycles. The summed E-state index contributed by atoms with van der Waals surface area (Å²) in [5.74, 6) is 0.416. The zero-order chi connectivity index (χ0) is 22.2. The third-order valence-electron chi connectivity index (χ3n) is 4.24. The van der Waals surface area contributed by atoms with Gasteiger partial charge in [0.1, 0.15) is 5.69 Å². The van der Waals surface area contributed by atoms with Crippen molar-refractivity contribution in [3.05, 3.63) is 47.1 Å². The van der Waals surface area contributed by atoms with E-state index in [1.807, 2.05) is 13.8 Å². The summed E-state index contributed by atoms with van der Waals surface area (Å²) in [7, 11) is 1.32. The van der Waals surface area contributed by atoms with Gasteiger partial charge in [0.15, 0.2) is 16.6 Å². The minimum atomic E-state index is -0.456. The molecule has 2 N–H and O–H groups in total. The van der Waals surface area contributed by atoms with Gasteiger partial charge in [-0.3, -0.25) is 10.1 Å². The van der Waals surface area contributed by atoms with Gasteiger partial charge in [-0.2, -0.15) is 0 Å². The molecule has 0 aliphatic rings. The van der Waals surface area contributed by atoms with E-state index in [1.165, 1.54) is 18.4 Å². The second kappa shape index (κ2) is 10.6. The average molecular weight is 444 g/mol. The van der Waals surface area contributed by atoms with Gasteiger partial charge in [0, 0.05) is 22.7 Å². The Balaban J connectivity index is 1.72. The lowest BCUT2D eigenvalue weighted by Gasteiger charge is -2.13. The maximum atomic E-state index is 12.7. The Morgan fingerprint density at radius 2 is 1.84 bits per heavy atom. The molecule has 0 spiro atoms. The molecule has 1 aromatic carbocycles. The molecule has 31 heavy (non-hydrogen) atoms. The van der Waals surface area contributed by atoms with Crippen molar-refractivity contribution in [2.75, 3.05) is 25.6 Å². The first-order valence-electron chi connectivity index (χ1n) is 9.99. The maximum absolute atomic E-state index is 12.7. The number of aromatic amines is 1. The molecular formula is C22H25N3O5S. The lowest BCUT2D eigenvalue weighted by Crippen LogP contribution is -2.12. The monoisotopic (exact) mass is 443 g/mol. The number of hydrogen-bond donors (Lipinski definition) is 2. The zero-order valence-corrected chi connectivity index (χ0v) is 18.5. The van der Waals surface area contributed by atoms with Crippen molar-refractivity contribution >= 4 is 28.3 Å². The highest BCUT2D eigenvalue weighted by molar-refractivity contribution is 7.14. The Kier molecular flexibility index (Phi) is 7.66. The highest BCUT2D eigenvalue weighted by Gasteiger charge is 2.15. The third kappa shape index (κ3) is 5.64. The number of nitrogens with zero attached hydrogens (tertiary/aromatic N) is 1. The van der Waals surface area contributed by atoms with Crippen molar-refractivity contribution in [1.29, 1.82) is 0 Å². The number of anilines is 1. The predicted octanol–water partition coefficient (Wildman–Crippen LogP) is 4.75. The summed E-state index contributed by atoms with van der Waals surface area (Å²) in [6, 6.07) is 6.78. The Morgan fingerprint density at radius 1 is 1.10 bits per heavy atom. The second-order valence-corrected chi connectivity index (χ2v) is 7.50. The lowest BCUT2D eigenvalue weighted by atomic mass is 10.2. The molecular weight excluding hydrogens is 418 g/mol. The number of rotatable bonds is 10. The van der Waals surface area contributed by atoms with E-state index in [1.54, 1.807) is 35.8 Å². The number of hydrogen-bond acceptors (Lipinski definition) is 7. The normalized spacial score (nSPS) is 10.5. The summed E-state index contributed by atoms with van der Waals surface area (Å²) in [5.41, 5.74) is 2.15. The van der Waals surface area contributed by atoms with E-state index in [0.717, 1.165) is 18.4 Å². The van der Waals surface area contributed by atoms with Crippen molar-refractivity contribution < 1.29 is 23.8 Å². The molecule has 0 aliphatic heterocycles. The van der Waals surface area contributed by atoms with Gasteiger partial charge in [0.2, 0.25) is 0 Å². The van der Waals surface area contributed by atoms with E-state index >= 15 is 0 Å². The Bertz CT molecular complexity index is 1040. The van der Waals surface area contributed by atoms with Crippen LogP contribution in [0.2, 0.25) is 0 Å². The van der Waals surface area contributed by atoms with Crippen molar-refractivity contribution in [2.45, 2.75) is 26.7 Å². The first-order chi connectivity index (χ1) is 15.0. The molecule has 0 saturated heterocycles. The molecule has 3 aromatic rings. The van der Waals surface area contributed by atoms with E-state index in [9.17, 15) is 9.59 Å². The van der Waals surface area contributed by atoms with Crippen molar-refractivity contribution in [3.63, 3.8) is 0 Å². The van der Waals surface area contributed by atoms with Crippen molar-refractivity contribution in [2.24, 2.45) is 0 Å². The number of aromatic nitrogens is 2. The minimum absolute atomic E-state index is 0.298. The number of carbonyl (C=O) groups excluding carboxylic acids is 2. The van der Waals surface area contributed by atoms with Crippen LogP contribution in [0.5, 0.6) is 11.5 Å². The number of amides is 1. The van der Waals surface area contributed by atoms with Crippen LogP contribution in [0.1, 0.15) is 47.5 Å². The van der Waals surface area contributed by atoms with Crippen molar-refractivity contribution in [1.82, 2.24) is 9.97 Å². The Labute approximate surface area is 184 Å². The number of methoxy groups -OCH3 is 1. The third-order valence-corrected chi connectivity index (χ3v) is 5.00. The van der Waals surface area contributed by atoms with Gasteiger partial charge < -0.3 is 19.2 Å². The van der Waals surface area contributed by atoms with Crippen LogP contribution < -0.4 is 14.8 Å². The predicted molar refractivity (Wildman–Crippen MR) is 119 cm³/mol. The number of ether oxygens (including phenoxy) is 3. The van der Waals surface area contributed by atoms with Gasteiger partial charge in [-0.1, -0.05) is 13.8 Å². The Hall–Kier alpha value is -3.33. The fraction of sp³-hybridized carbons (Fsp3) is 0.318. The molecule has 0 aliphatic carbocycles. The number of thiazole rings is 1. The zero-order valence-electron chi connectivity index (χ0n) is 17.7. The number of H-pyrrole nitrogens is 1. The van der Waals surface area contributed by atoms with E-state index in [-0.39, 0.29) is 5.91 Å². The summed E-state index contributed by atoms with van der Waals surface area (Å²) < 4.78 is 16.2. The first kappa shape index (κ1) is 22.4. The maximum Gasteiger partial charge on any atom is 0.354 e. The van der Waals surface area contributed by atoms with E-state index in [4.69, 9.17) is 14.2 Å². The molecule has 0 radical (unpaired) electrons. The molecule has 2 aromatic heterocycles. The molecule has 2 heterocycles. The molecule has 0 atom stereocenters. The van der Waals surface area contributed by atoms with Crippen LogP contribution in [0.3, 0.4) is 0 Å². The van der Waals surface area contributed by atoms with E-state index in [2.05, 4.69) is 15.3 Å². The SMILES string of the molecule is CCCOc1ccc(C(=O)Nc2nc(-c3c[nH]c(C(=O)OC)c3)cs2)cc1OCCC. The van der Waals surface area contributed by atoms with Crippen LogP contribution >= 0.6 is 11.3 Å². The van der Waals surface area contributed by atoms with Gasteiger partial charge >= 0.3 is 5.97 Å². The summed E-state index contributed by atoms with van der Waals surface area (Å²) in [4.78, 5) is 31.6. The second-order valence-electron chi connectivity index (χ2n) is 6.64. The van der Waals surface area contributed by atoms with Crippen LogP contribution in [-0.2, 0) is 4.74 Å². The van der Waals surface area contributed by atoms with Gasteiger partial charge in [0.25, 0.3) is 5.91 Å². The molecule has 1 amide bonds. The van der Waals surface area contributed by atoms with Gasteiger partial charge in [-0.15, -0.1) is 11.3 Å². The Morgan fingerprint density at radius 3 is 2.55 bits per heavy atom. The highest BCUT2D eigenvalue weighted by atomic mass is 32.1. The van der Waals surface area contributed by atoms with Gasteiger partial charge in [-0.25, -0.2) is 9.78 Å². The summed E-state index contributed by atoms with van der Waals surface area (Å²) in [6.07, 6.45) is 3.39. The fourth-order valence-electron chi connectivity index (χ4n) is 2.71. The number of nitrogens with one attached hydrogen (secondary N) is 2. The summed E-state index contributed by atoms with van der Waals surface area (Å²) in [5, 5.41) is 5.06. The van der Waals surface area contributed by atoms with Crippen LogP contribution in [-0.4, -0.2) is 42.2 Å². The minimum Gasteiger partial charge on any atom is -0.490 e. The molecule has 0 fully saturated rings. The van der Waals surface area contributed by atoms with Crippen LogP contribution in [0, 0.1) is 0 Å². The molecule has 3 rings (SSSR count). The van der Waals surface area contributed by atoms with Crippen LogP contribution in [0.25, 0.3) is 11.3 Å². The average Bonchev–Trinajstić information content (AvgIpc) is 3.45. The largest absolute Gasteiger partial charge is 0.490 e. The van der Waals surface area contributed by atoms with Crippen LogP contribution in [0.15, 0.2) is 35.8 Å². The molecule has 0 unspecified atom stereocenters. The quantitative estimate of drug-likeness (QED) is 0.438. The van der Waals surface area contributed by atoms with Crippen LogP contribution in [0.4, 0.5) is 5.13 Å². The topological polar surface area (TPSA) is 103 Å². The first-order valence-corrected chi connectivity index (χ1v) is 10.9. The van der Waals surface area contributed by atoms with Gasteiger partial charge in [0.05, 0.1) is 26.0 Å². The number of benzene rings is 1. The molecule has 0 bridgehead atoms. The molecule has 8 nitrogen and oxygen atoms in total. The van der Waals surface area contributed by atoms with E-state index < -0.39 is 5.97 Å². The van der Waals surface area contributed by atoms with Crippen molar-refractivity contribution in [3.8, 4) is 22.8 Å². The standard InChI is InChI=1S/C22H25N3O5S/c1-4-8-29-18-7-6-14(11-19(18)30-9-5-2)20(26)25-22-24-17(13-31-22)15-10-16(23-12-15)21(27)28-3/h6-7,10-13,23H,4-5,8-9H2,1-3H3,(H,24,25,26). The lowest BCUT2D eigenvalue weighted by molar-refractivity contribution is 0.0594. The molecule has 9 heteroatoms. The smallest absolute Gasteiger partial charge is 0.354 e. The highest BCUT2D eigenvalue weighted by Crippen LogP contribution is 2.30. The molecule has 164 valence electrons. The summed E-state index contributed by atoms with van der Waals surface area (Å²) >= 11 is 1.29. The number of esters is 1.